The molecule has 0 radical (unpaired) electrons. The van der Waals surface area contributed by atoms with Crippen molar-refractivity contribution in [2.45, 2.75) is 70.2 Å². The van der Waals surface area contributed by atoms with Crippen molar-refractivity contribution in [1.29, 1.82) is 5.26 Å². The summed E-state index contributed by atoms with van der Waals surface area (Å²) < 4.78 is 22.6. The summed E-state index contributed by atoms with van der Waals surface area (Å²) in [5, 5.41) is 29.6. The molecule has 0 bridgehead atoms. The molecule has 5 aromatic rings. The van der Waals surface area contributed by atoms with E-state index in [1.165, 1.54) is 28.3 Å². The summed E-state index contributed by atoms with van der Waals surface area (Å²) in [6.45, 7) is 12.3. The van der Waals surface area contributed by atoms with Crippen LogP contribution >= 0.6 is 34.5 Å². The van der Waals surface area contributed by atoms with Crippen LogP contribution in [0.5, 0.6) is 0 Å². The molecule has 1 atom stereocenters. The fraction of sp³-hybridized carbons (Fsp3) is 0.421. The lowest BCUT2D eigenvalue weighted by atomic mass is 9.95. The number of piperidine rings is 1. The van der Waals surface area contributed by atoms with E-state index in [9.17, 15) is 5.26 Å². The predicted molar refractivity (Wildman–Crippen MR) is 204 cm³/mol. The van der Waals surface area contributed by atoms with Gasteiger partial charge in [-0.3, -0.25) is 14.8 Å². The molecule has 270 valence electrons. The van der Waals surface area contributed by atoms with Gasteiger partial charge < -0.3 is 15.4 Å². The molecule has 2 saturated heterocycles. The average Bonchev–Trinajstić information content (AvgIpc) is 3.76. The van der Waals surface area contributed by atoms with Gasteiger partial charge in [-0.25, -0.2) is 9.07 Å². The first-order valence-corrected chi connectivity index (χ1v) is 19.3. The minimum absolute atomic E-state index is 0.0267. The molecule has 14 heteroatoms. The number of thiophene rings is 1. The fourth-order valence-electron chi connectivity index (χ4n) is 7.54. The van der Waals surface area contributed by atoms with Gasteiger partial charge >= 0.3 is 0 Å². The molecule has 0 saturated carbocycles. The summed E-state index contributed by atoms with van der Waals surface area (Å²) in [6.07, 6.45) is 6.46. The highest BCUT2D eigenvalue weighted by Gasteiger charge is 2.34. The Bertz CT molecular complexity index is 2160. The minimum Gasteiger partial charge on any atom is -0.378 e. The monoisotopic (exact) mass is 759 g/mol. The number of halogens is 3. The van der Waals surface area contributed by atoms with Crippen LogP contribution in [-0.4, -0.2) is 74.2 Å². The molecule has 2 fully saturated rings. The Labute approximate surface area is 316 Å². The third kappa shape index (κ3) is 6.75. The van der Waals surface area contributed by atoms with Crippen LogP contribution in [0.2, 0.25) is 10.0 Å². The normalized spacial score (nSPS) is 18.2. The summed E-state index contributed by atoms with van der Waals surface area (Å²) in [5.74, 6) is -0.615. The highest BCUT2D eigenvalue weighted by molar-refractivity contribution is 7.10. The van der Waals surface area contributed by atoms with Crippen LogP contribution < -0.4 is 10.6 Å². The summed E-state index contributed by atoms with van der Waals surface area (Å²) in [5.41, 5.74) is 5.40. The Hall–Kier alpha value is -3.83. The molecule has 3 aliphatic heterocycles. The Balaban J connectivity index is 1.17. The number of ether oxygens (including phenoxy) is 1. The second-order valence-electron chi connectivity index (χ2n) is 14.8. The number of pyridine rings is 1. The van der Waals surface area contributed by atoms with Gasteiger partial charge in [0.1, 0.15) is 11.8 Å². The van der Waals surface area contributed by atoms with E-state index in [-0.39, 0.29) is 33.9 Å². The van der Waals surface area contributed by atoms with Crippen molar-refractivity contribution in [3.63, 3.8) is 0 Å². The van der Waals surface area contributed by atoms with Gasteiger partial charge in [0, 0.05) is 53.9 Å². The van der Waals surface area contributed by atoms with E-state index in [1.807, 2.05) is 16.8 Å². The van der Waals surface area contributed by atoms with Crippen molar-refractivity contribution < 1.29 is 9.13 Å². The summed E-state index contributed by atoms with van der Waals surface area (Å²) >= 11 is 14.8. The summed E-state index contributed by atoms with van der Waals surface area (Å²) in [4.78, 5) is 10.9. The van der Waals surface area contributed by atoms with Crippen molar-refractivity contribution in [2.24, 2.45) is 0 Å². The van der Waals surface area contributed by atoms with E-state index in [1.54, 1.807) is 23.5 Å². The molecule has 0 aliphatic carbocycles. The van der Waals surface area contributed by atoms with Crippen LogP contribution in [0.25, 0.3) is 10.9 Å². The van der Waals surface area contributed by atoms with Crippen LogP contribution in [0.1, 0.15) is 73.0 Å². The second kappa shape index (κ2) is 14.2. The van der Waals surface area contributed by atoms with Gasteiger partial charge in [-0.1, -0.05) is 34.5 Å². The molecular weight excluding hydrogens is 720 g/mol. The lowest BCUT2D eigenvalue weighted by Crippen LogP contribution is -2.50. The second-order valence-corrected chi connectivity index (χ2v) is 16.6. The van der Waals surface area contributed by atoms with Crippen LogP contribution in [-0.2, 0) is 17.7 Å². The van der Waals surface area contributed by atoms with Gasteiger partial charge in [0.25, 0.3) is 0 Å². The zero-order chi connectivity index (χ0) is 36.1. The largest absolute Gasteiger partial charge is 0.378 e. The fourth-order valence-corrected chi connectivity index (χ4v) is 9.13. The van der Waals surface area contributed by atoms with Crippen LogP contribution in [0.15, 0.2) is 48.1 Å². The van der Waals surface area contributed by atoms with Gasteiger partial charge in [-0.05, 0) is 80.8 Å². The lowest BCUT2D eigenvalue weighted by molar-refractivity contribution is -0.0691. The van der Waals surface area contributed by atoms with E-state index in [4.69, 9.17) is 38.3 Å². The Kier molecular flexibility index (Phi) is 9.61. The number of hydrogen-bond donors (Lipinski definition) is 2. The quantitative estimate of drug-likeness (QED) is 0.162. The van der Waals surface area contributed by atoms with E-state index >= 15 is 4.39 Å². The highest BCUT2D eigenvalue weighted by atomic mass is 35.5. The molecule has 3 aromatic heterocycles. The third-order valence-corrected chi connectivity index (χ3v) is 12.2. The molecule has 52 heavy (non-hydrogen) atoms. The van der Waals surface area contributed by atoms with E-state index in [2.05, 4.69) is 63.8 Å². The first-order chi connectivity index (χ1) is 25.1. The molecule has 3 aliphatic rings. The molecule has 0 amide bonds. The number of nitrogens with zero attached hydrogens (tertiary/aromatic N) is 7. The van der Waals surface area contributed by atoms with Gasteiger partial charge in [0.05, 0.1) is 70.0 Å². The van der Waals surface area contributed by atoms with Crippen LogP contribution in [0.4, 0.5) is 21.5 Å². The number of nitrogens with one attached hydrogen (secondary N) is 2. The Morgan fingerprint density at radius 2 is 1.90 bits per heavy atom. The van der Waals surface area contributed by atoms with Gasteiger partial charge in [0.2, 0.25) is 0 Å². The molecule has 2 N–H and O–H groups in total. The van der Waals surface area contributed by atoms with Crippen LogP contribution in [0.3, 0.4) is 0 Å². The number of nitriles is 1. The standard InChI is InChI=1S/C38H40Cl2FN9OS/c1-38(2,3)49-11-7-24(8-12-49)50-17-32(46-47-50)37(28-21-52-33-18-48(10-9-26(28)33)25-19-51-20-25)44-23-13-27-35(45-31-6-4-5-29(39)34(31)41)22(15-42)16-43-36(27)30(40)14-23/h4-6,13-14,16-17,21,24-25,37,44H,7-12,18-20H2,1-3H3,(H,43,45)/t37-/m0/s1. The number of aromatic nitrogens is 4. The van der Waals surface area contributed by atoms with Gasteiger partial charge in [-0.15, -0.1) is 16.4 Å². The zero-order valence-corrected chi connectivity index (χ0v) is 31.6. The summed E-state index contributed by atoms with van der Waals surface area (Å²) in [7, 11) is 0. The van der Waals surface area contributed by atoms with E-state index in [0.29, 0.717) is 33.3 Å². The van der Waals surface area contributed by atoms with E-state index < -0.39 is 5.82 Å². The number of hydrogen-bond acceptors (Lipinski definition) is 10. The zero-order valence-electron chi connectivity index (χ0n) is 29.3. The van der Waals surface area contributed by atoms with Crippen molar-refractivity contribution in [2.75, 3.05) is 43.5 Å². The molecule has 0 unspecified atom stereocenters. The number of likely N-dealkylation sites (tertiary alicyclic amines) is 1. The molecular formula is C38H40Cl2FN9OS. The highest BCUT2D eigenvalue weighted by Crippen LogP contribution is 2.41. The Morgan fingerprint density at radius 3 is 2.63 bits per heavy atom. The molecule has 0 spiro atoms. The smallest absolute Gasteiger partial charge is 0.165 e. The first-order valence-electron chi connectivity index (χ1n) is 17.6. The average molecular weight is 761 g/mol. The first kappa shape index (κ1) is 35.2. The number of anilines is 3. The maximum absolute atomic E-state index is 15.1. The summed E-state index contributed by atoms with van der Waals surface area (Å²) in [6, 6.07) is 11.0. The van der Waals surface area contributed by atoms with Crippen molar-refractivity contribution in [3.05, 3.63) is 91.2 Å². The van der Waals surface area contributed by atoms with Crippen molar-refractivity contribution >= 4 is 62.5 Å². The topological polar surface area (TPSA) is 107 Å². The molecule has 2 aromatic carbocycles. The number of benzene rings is 2. The third-order valence-electron chi connectivity index (χ3n) is 10.6. The van der Waals surface area contributed by atoms with E-state index in [0.717, 1.165) is 64.3 Å². The number of rotatable bonds is 8. The maximum atomic E-state index is 15.1. The predicted octanol–water partition coefficient (Wildman–Crippen LogP) is 8.34. The molecule has 10 nitrogen and oxygen atoms in total. The van der Waals surface area contributed by atoms with Crippen molar-refractivity contribution in [1.82, 2.24) is 29.8 Å². The lowest BCUT2D eigenvalue weighted by Gasteiger charge is -2.40. The Morgan fingerprint density at radius 1 is 1.10 bits per heavy atom. The number of fused-ring (bicyclic) bond motifs is 2. The van der Waals surface area contributed by atoms with Gasteiger partial charge in [-0.2, -0.15) is 5.26 Å². The SMILES string of the molecule is CC(C)(C)N1CCC(n2cc([C@@H](Nc3cc(Cl)c4ncc(C#N)c(Nc5cccc(Cl)c5F)c4c3)c3csc4c3CCN(C3COC3)C4)nn2)CC1. The minimum atomic E-state index is -0.615. The maximum Gasteiger partial charge on any atom is 0.165 e. The van der Waals surface area contributed by atoms with Crippen LogP contribution in [0, 0.1) is 17.1 Å². The molecule has 8 rings (SSSR count). The molecule has 6 heterocycles. The van der Waals surface area contributed by atoms with Gasteiger partial charge in [0.15, 0.2) is 5.82 Å². The van der Waals surface area contributed by atoms with Crippen molar-refractivity contribution in [3.8, 4) is 6.07 Å².